The van der Waals surface area contributed by atoms with Gasteiger partial charge in [0.25, 0.3) is 5.91 Å². The Labute approximate surface area is 160 Å². The summed E-state index contributed by atoms with van der Waals surface area (Å²) < 4.78 is 54.9. The molecule has 0 spiro atoms. The van der Waals surface area contributed by atoms with Gasteiger partial charge in [-0.2, -0.15) is 22.7 Å². The molecule has 3 aromatic rings. The van der Waals surface area contributed by atoms with Crippen LogP contribution in [0.2, 0.25) is 0 Å². The first kappa shape index (κ1) is 20.0. The van der Waals surface area contributed by atoms with E-state index in [0.29, 0.717) is 10.7 Å². The average Bonchev–Trinajstić information content (AvgIpc) is 3.09. The van der Waals surface area contributed by atoms with Gasteiger partial charge in [-0.05, 0) is 31.2 Å². The summed E-state index contributed by atoms with van der Waals surface area (Å²) in [5.74, 6) is -2.34. The van der Waals surface area contributed by atoms with Crippen molar-refractivity contribution in [2.75, 3.05) is 5.32 Å². The second kappa shape index (κ2) is 7.34. The molecule has 150 valence electrons. The van der Waals surface area contributed by atoms with Crippen molar-refractivity contribution >= 4 is 17.3 Å². The summed E-state index contributed by atoms with van der Waals surface area (Å²) in [6, 6.07) is 8.46. The van der Waals surface area contributed by atoms with Gasteiger partial charge in [-0.1, -0.05) is 17.7 Å². The fourth-order valence-corrected chi connectivity index (χ4v) is 2.60. The number of nitrogens with one attached hydrogen (secondary N) is 1. The number of carbonyl (C=O) groups is 1. The number of halogens is 4. The molecule has 0 aliphatic heterocycles. The second-order valence-corrected chi connectivity index (χ2v) is 6.03. The monoisotopic (exact) mass is 408 g/mol. The van der Waals surface area contributed by atoms with Crippen LogP contribution in [0.4, 0.5) is 28.9 Å². The van der Waals surface area contributed by atoms with Crippen LogP contribution in [0.25, 0.3) is 5.69 Å². The lowest BCUT2D eigenvalue weighted by Gasteiger charge is -2.13. The Morgan fingerprint density at radius 3 is 2.41 bits per heavy atom. The van der Waals surface area contributed by atoms with Crippen LogP contribution in [-0.4, -0.2) is 20.6 Å². The van der Waals surface area contributed by atoms with E-state index in [-0.39, 0.29) is 11.4 Å². The summed E-state index contributed by atoms with van der Waals surface area (Å²) >= 11 is 0. The highest BCUT2D eigenvalue weighted by atomic mass is 19.4. The number of hydrogen-bond donors (Lipinski definition) is 1. The normalized spacial score (nSPS) is 11.3. The van der Waals surface area contributed by atoms with Gasteiger partial charge in [-0.3, -0.25) is 14.9 Å². The number of amides is 1. The summed E-state index contributed by atoms with van der Waals surface area (Å²) in [6.07, 6.45) is -4.17. The molecule has 0 bridgehead atoms. The lowest BCUT2D eigenvalue weighted by Crippen LogP contribution is -2.20. The number of carbonyl (C=O) groups excluding carboxylic acids is 1. The number of rotatable bonds is 4. The van der Waals surface area contributed by atoms with E-state index in [1.165, 1.54) is 12.1 Å². The van der Waals surface area contributed by atoms with Gasteiger partial charge < -0.3 is 5.32 Å². The number of hydrogen-bond acceptors (Lipinski definition) is 4. The van der Waals surface area contributed by atoms with Crippen molar-refractivity contribution in [3.05, 3.63) is 81.4 Å². The first-order chi connectivity index (χ1) is 13.6. The lowest BCUT2D eigenvalue weighted by molar-refractivity contribution is -0.387. The van der Waals surface area contributed by atoms with Crippen LogP contribution in [0.1, 0.15) is 21.6 Å². The molecule has 1 amide bonds. The van der Waals surface area contributed by atoms with E-state index < -0.39 is 39.8 Å². The third-order valence-electron chi connectivity index (χ3n) is 3.96. The molecule has 7 nitrogen and oxygen atoms in total. The summed E-state index contributed by atoms with van der Waals surface area (Å²) in [5, 5.41) is 16.6. The molecule has 0 saturated heterocycles. The maximum Gasteiger partial charge on any atom is 0.434 e. The SMILES string of the molecule is Cc1ccc(-n2ncc(C(=O)Nc3ccc(F)c([N+](=O)[O-])c3)c2C(F)(F)F)cc1. The second-order valence-electron chi connectivity index (χ2n) is 6.03. The third kappa shape index (κ3) is 4.08. The summed E-state index contributed by atoms with van der Waals surface area (Å²) in [7, 11) is 0. The Balaban J connectivity index is 2.00. The minimum atomic E-state index is -4.91. The molecule has 1 N–H and O–H groups in total. The first-order valence-corrected chi connectivity index (χ1v) is 8.05. The summed E-state index contributed by atoms with van der Waals surface area (Å²) in [6.45, 7) is 1.76. The largest absolute Gasteiger partial charge is 0.434 e. The molecule has 11 heteroatoms. The van der Waals surface area contributed by atoms with Gasteiger partial charge in [-0.25, -0.2) is 4.68 Å². The molecule has 1 aromatic heterocycles. The standard InChI is InChI=1S/C18H12F4N4O3/c1-10-2-5-12(6-3-10)25-16(18(20,21)22)13(9-23-25)17(27)24-11-4-7-14(19)15(8-11)26(28)29/h2-9H,1H3,(H,24,27). The maximum absolute atomic E-state index is 13.6. The van der Waals surface area contributed by atoms with Crippen molar-refractivity contribution in [2.24, 2.45) is 0 Å². The van der Waals surface area contributed by atoms with Gasteiger partial charge in [0.2, 0.25) is 5.82 Å². The molecule has 0 saturated carbocycles. The van der Waals surface area contributed by atoms with Gasteiger partial charge in [-0.15, -0.1) is 0 Å². The molecule has 2 aromatic carbocycles. The summed E-state index contributed by atoms with van der Waals surface area (Å²) in [4.78, 5) is 22.2. The molecular formula is C18H12F4N4O3. The minimum absolute atomic E-state index is 0.0967. The molecule has 0 fully saturated rings. The quantitative estimate of drug-likeness (QED) is 0.391. The number of aryl methyl sites for hydroxylation is 1. The Morgan fingerprint density at radius 1 is 1.17 bits per heavy atom. The van der Waals surface area contributed by atoms with Crippen LogP contribution in [-0.2, 0) is 6.18 Å². The molecule has 1 heterocycles. The van der Waals surface area contributed by atoms with Gasteiger partial charge in [0, 0.05) is 11.8 Å². The van der Waals surface area contributed by atoms with Crippen LogP contribution < -0.4 is 5.32 Å². The van der Waals surface area contributed by atoms with Crippen LogP contribution in [0.5, 0.6) is 0 Å². The van der Waals surface area contributed by atoms with Crippen molar-refractivity contribution in [3.63, 3.8) is 0 Å². The molecule has 0 aliphatic carbocycles. The summed E-state index contributed by atoms with van der Waals surface area (Å²) in [5.41, 5.74) is -2.33. The highest BCUT2D eigenvalue weighted by molar-refractivity contribution is 6.05. The minimum Gasteiger partial charge on any atom is -0.322 e. The predicted molar refractivity (Wildman–Crippen MR) is 94.3 cm³/mol. The fraction of sp³-hybridized carbons (Fsp3) is 0.111. The van der Waals surface area contributed by atoms with E-state index in [9.17, 15) is 32.5 Å². The smallest absolute Gasteiger partial charge is 0.322 e. The van der Waals surface area contributed by atoms with Crippen molar-refractivity contribution in [1.82, 2.24) is 9.78 Å². The van der Waals surface area contributed by atoms with Crippen molar-refractivity contribution < 1.29 is 27.3 Å². The van der Waals surface area contributed by atoms with Crippen molar-refractivity contribution in [2.45, 2.75) is 13.1 Å². The van der Waals surface area contributed by atoms with E-state index in [4.69, 9.17) is 0 Å². The molecule has 29 heavy (non-hydrogen) atoms. The Hall–Kier alpha value is -3.76. The lowest BCUT2D eigenvalue weighted by atomic mass is 10.2. The number of nitro groups is 1. The zero-order chi connectivity index (χ0) is 21.3. The molecule has 3 rings (SSSR count). The van der Waals surface area contributed by atoms with Gasteiger partial charge >= 0.3 is 11.9 Å². The van der Waals surface area contributed by atoms with Crippen LogP contribution >= 0.6 is 0 Å². The van der Waals surface area contributed by atoms with Gasteiger partial charge in [0.1, 0.15) is 0 Å². The zero-order valence-corrected chi connectivity index (χ0v) is 14.7. The molecule has 0 unspecified atom stereocenters. The number of aromatic nitrogens is 2. The number of benzene rings is 2. The highest BCUT2D eigenvalue weighted by Crippen LogP contribution is 2.34. The van der Waals surface area contributed by atoms with Crippen LogP contribution in [0.3, 0.4) is 0 Å². The molecule has 0 radical (unpaired) electrons. The van der Waals surface area contributed by atoms with Crippen LogP contribution in [0.15, 0.2) is 48.7 Å². The fourth-order valence-electron chi connectivity index (χ4n) is 2.60. The van der Waals surface area contributed by atoms with Gasteiger partial charge in [0.15, 0.2) is 5.69 Å². The Kier molecular flexibility index (Phi) is 5.06. The number of nitro benzene ring substituents is 1. The molecular weight excluding hydrogens is 396 g/mol. The van der Waals surface area contributed by atoms with Crippen LogP contribution in [0, 0.1) is 22.9 Å². The number of anilines is 1. The van der Waals surface area contributed by atoms with E-state index in [2.05, 4.69) is 10.4 Å². The molecule has 0 aliphatic rings. The highest BCUT2D eigenvalue weighted by Gasteiger charge is 2.40. The number of alkyl halides is 3. The Morgan fingerprint density at radius 2 is 1.83 bits per heavy atom. The van der Waals surface area contributed by atoms with E-state index in [1.54, 1.807) is 19.1 Å². The molecule has 0 atom stereocenters. The van der Waals surface area contributed by atoms with E-state index in [1.807, 2.05) is 0 Å². The Bertz CT molecular complexity index is 1090. The number of nitrogens with zero attached hydrogens (tertiary/aromatic N) is 3. The maximum atomic E-state index is 13.6. The first-order valence-electron chi connectivity index (χ1n) is 8.05. The van der Waals surface area contributed by atoms with Gasteiger partial charge in [0.05, 0.1) is 22.4 Å². The topological polar surface area (TPSA) is 90.1 Å². The van der Waals surface area contributed by atoms with E-state index >= 15 is 0 Å². The van der Waals surface area contributed by atoms with Crippen molar-refractivity contribution in [3.8, 4) is 5.69 Å². The van der Waals surface area contributed by atoms with E-state index in [0.717, 1.165) is 23.9 Å². The average molecular weight is 408 g/mol. The predicted octanol–water partition coefficient (Wildman–Crippen LogP) is 4.50. The third-order valence-corrected chi connectivity index (χ3v) is 3.96. The van der Waals surface area contributed by atoms with Crippen molar-refractivity contribution in [1.29, 1.82) is 0 Å². The zero-order valence-electron chi connectivity index (χ0n) is 14.7.